The standard InChI is InChI=1S/C11H9Cl2N3O2/c12-9-2-1-7(3-10(9)13)16-11(17)18-5-8-4-14-6-15-8/h1-4,6H,5H2,(H,14,15)(H,16,17). The van der Waals surface area contributed by atoms with E-state index in [0.29, 0.717) is 21.4 Å². The van der Waals surface area contributed by atoms with Crippen molar-refractivity contribution in [1.82, 2.24) is 9.97 Å². The minimum absolute atomic E-state index is 0.118. The van der Waals surface area contributed by atoms with Crippen molar-refractivity contribution < 1.29 is 9.53 Å². The Labute approximate surface area is 113 Å². The number of ether oxygens (including phenoxy) is 1. The summed E-state index contributed by atoms with van der Waals surface area (Å²) in [7, 11) is 0. The summed E-state index contributed by atoms with van der Waals surface area (Å²) < 4.78 is 4.96. The number of benzene rings is 1. The topological polar surface area (TPSA) is 67.0 Å². The van der Waals surface area contributed by atoms with Crippen LogP contribution in [-0.2, 0) is 11.3 Å². The van der Waals surface area contributed by atoms with Crippen LogP contribution in [0.4, 0.5) is 10.5 Å². The third kappa shape index (κ3) is 3.38. The Morgan fingerprint density at radius 3 is 2.89 bits per heavy atom. The first-order valence-corrected chi connectivity index (χ1v) is 5.77. The van der Waals surface area contributed by atoms with Gasteiger partial charge in [0.05, 0.1) is 28.3 Å². The molecule has 94 valence electrons. The molecule has 0 aliphatic carbocycles. The van der Waals surface area contributed by atoms with Crippen molar-refractivity contribution in [2.75, 3.05) is 5.32 Å². The number of rotatable bonds is 3. The smallest absolute Gasteiger partial charge is 0.412 e. The van der Waals surface area contributed by atoms with Gasteiger partial charge in [-0.3, -0.25) is 5.32 Å². The summed E-state index contributed by atoms with van der Waals surface area (Å²) in [4.78, 5) is 18.1. The van der Waals surface area contributed by atoms with E-state index in [0.717, 1.165) is 0 Å². The fourth-order valence-corrected chi connectivity index (χ4v) is 1.53. The highest BCUT2D eigenvalue weighted by molar-refractivity contribution is 6.42. The van der Waals surface area contributed by atoms with Gasteiger partial charge in [0.15, 0.2) is 0 Å². The SMILES string of the molecule is O=C(Nc1ccc(Cl)c(Cl)c1)OCc1cnc[nH]1. The number of carbonyl (C=O) groups excluding carboxylic acids is 1. The van der Waals surface area contributed by atoms with E-state index in [2.05, 4.69) is 15.3 Å². The molecule has 0 radical (unpaired) electrons. The molecular formula is C11H9Cl2N3O2. The molecule has 5 nitrogen and oxygen atoms in total. The molecule has 1 heterocycles. The van der Waals surface area contributed by atoms with Crippen LogP contribution in [0.3, 0.4) is 0 Å². The molecule has 7 heteroatoms. The molecular weight excluding hydrogens is 277 g/mol. The minimum atomic E-state index is -0.581. The van der Waals surface area contributed by atoms with Crippen LogP contribution in [0.25, 0.3) is 0 Å². The van der Waals surface area contributed by atoms with E-state index in [9.17, 15) is 4.79 Å². The number of hydrogen-bond acceptors (Lipinski definition) is 3. The van der Waals surface area contributed by atoms with Gasteiger partial charge in [0.1, 0.15) is 6.61 Å². The van der Waals surface area contributed by atoms with E-state index in [1.165, 1.54) is 6.33 Å². The molecule has 0 saturated heterocycles. The summed E-state index contributed by atoms with van der Waals surface area (Å²) in [5, 5.41) is 3.32. The third-order valence-corrected chi connectivity index (χ3v) is 2.82. The Hall–Kier alpha value is -1.72. The van der Waals surface area contributed by atoms with E-state index in [4.69, 9.17) is 27.9 Å². The predicted octanol–water partition coefficient (Wildman–Crippen LogP) is 3.47. The lowest BCUT2D eigenvalue weighted by molar-refractivity contribution is 0.154. The summed E-state index contributed by atoms with van der Waals surface area (Å²) in [6.45, 7) is 0.118. The van der Waals surface area contributed by atoms with E-state index in [-0.39, 0.29) is 6.61 Å². The largest absolute Gasteiger partial charge is 0.443 e. The van der Waals surface area contributed by atoms with Crippen LogP contribution in [0.15, 0.2) is 30.7 Å². The van der Waals surface area contributed by atoms with Gasteiger partial charge in [0.25, 0.3) is 0 Å². The fraction of sp³-hybridized carbons (Fsp3) is 0.0909. The van der Waals surface area contributed by atoms with Crippen LogP contribution in [0.2, 0.25) is 10.0 Å². The minimum Gasteiger partial charge on any atom is -0.443 e. The molecule has 1 amide bonds. The number of carbonyl (C=O) groups is 1. The predicted molar refractivity (Wildman–Crippen MR) is 68.9 cm³/mol. The zero-order valence-electron chi connectivity index (χ0n) is 9.11. The fourth-order valence-electron chi connectivity index (χ4n) is 1.23. The van der Waals surface area contributed by atoms with Gasteiger partial charge >= 0.3 is 6.09 Å². The van der Waals surface area contributed by atoms with Crippen LogP contribution >= 0.6 is 23.2 Å². The molecule has 0 saturated carbocycles. The number of H-pyrrole nitrogens is 1. The second-order valence-corrected chi connectivity index (χ2v) is 4.22. The van der Waals surface area contributed by atoms with Crippen LogP contribution < -0.4 is 5.32 Å². The van der Waals surface area contributed by atoms with Crippen molar-refractivity contribution in [2.24, 2.45) is 0 Å². The summed E-state index contributed by atoms with van der Waals surface area (Å²) >= 11 is 11.6. The molecule has 2 aromatic rings. The Bertz CT molecular complexity index is 543. The molecule has 0 aliphatic rings. The van der Waals surface area contributed by atoms with Gasteiger partial charge in [0.2, 0.25) is 0 Å². The van der Waals surface area contributed by atoms with Crippen molar-refractivity contribution in [2.45, 2.75) is 6.61 Å². The quantitative estimate of drug-likeness (QED) is 0.907. The number of nitrogens with one attached hydrogen (secondary N) is 2. The van der Waals surface area contributed by atoms with Crippen LogP contribution in [0, 0.1) is 0 Å². The summed E-state index contributed by atoms with van der Waals surface area (Å²) in [5.41, 5.74) is 1.22. The van der Waals surface area contributed by atoms with Gasteiger partial charge < -0.3 is 9.72 Å². The first-order chi connectivity index (χ1) is 8.65. The second-order valence-electron chi connectivity index (χ2n) is 3.41. The maximum atomic E-state index is 11.5. The van der Waals surface area contributed by atoms with Crippen molar-refractivity contribution in [3.8, 4) is 0 Å². The molecule has 0 bridgehead atoms. The first-order valence-electron chi connectivity index (χ1n) is 5.01. The van der Waals surface area contributed by atoms with Gasteiger partial charge in [-0.05, 0) is 18.2 Å². The summed E-state index contributed by atoms with van der Waals surface area (Å²) in [6, 6.07) is 4.77. The zero-order chi connectivity index (χ0) is 13.0. The number of amides is 1. The molecule has 0 atom stereocenters. The number of nitrogens with zero attached hydrogens (tertiary/aromatic N) is 1. The number of hydrogen-bond donors (Lipinski definition) is 2. The number of imidazole rings is 1. The number of halogens is 2. The lowest BCUT2D eigenvalue weighted by Gasteiger charge is -2.06. The van der Waals surface area contributed by atoms with Gasteiger partial charge in [-0.1, -0.05) is 23.2 Å². The van der Waals surface area contributed by atoms with Crippen LogP contribution in [0.5, 0.6) is 0 Å². The molecule has 2 rings (SSSR count). The second kappa shape index (κ2) is 5.75. The molecule has 0 unspecified atom stereocenters. The lowest BCUT2D eigenvalue weighted by atomic mass is 10.3. The molecule has 0 aliphatic heterocycles. The average molecular weight is 286 g/mol. The first kappa shape index (κ1) is 12.7. The van der Waals surface area contributed by atoms with Gasteiger partial charge in [-0.2, -0.15) is 0 Å². The van der Waals surface area contributed by atoms with Gasteiger partial charge in [-0.25, -0.2) is 9.78 Å². The Kier molecular flexibility index (Phi) is 4.07. The number of anilines is 1. The maximum absolute atomic E-state index is 11.5. The van der Waals surface area contributed by atoms with E-state index in [1.54, 1.807) is 24.4 Å². The Morgan fingerprint density at radius 2 is 2.22 bits per heavy atom. The molecule has 1 aromatic heterocycles. The summed E-state index contributed by atoms with van der Waals surface area (Å²) in [5.74, 6) is 0. The van der Waals surface area contributed by atoms with Crippen LogP contribution in [0.1, 0.15) is 5.69 Å². The zero-order valence-corrected chi connectivity index (χ0v) is 10.6. The van der Waals surface area contributed by atoms with Crippen molar-refractivity contribution in [3.05, 3.63) is 46.5 Å². The third-order valence-electron chi connectivity index (χ3n) is 2.08. The highest BCUT2D eigenvalue weighted by Crippen LogP contribution is 2.25. The van der Waals surface area contributed by atoms with E-state index >= 15 is 0 Å². The molecule has 2 N–H and O–H groups in total. The van der Waals surface area contributed by atoms with Gasteiger partial charge in [0, 0.05) is 5.69 Å². The number of aromatic amines is 1. The Morgan fingerprint density at radius 1 is 1.39 bits per heavy atom. The van der Waals surface area contributed by atoms with Crippen LogP contribution in [-0.4, -0.2) is 16.1 Å². The van der Waals surface area contributed by atoms with Crippen molar-refractivity contribution >= 4 is 35.0 Å². The van der Waals surface area contributed by atoms with E-state index in [1.807, 2.05) is 0 Å². The average Bonchev–Trinajstić information content (AvgIpc) is 2.84. The highest BCUT2D eigenvalue weighted by atomic mass is 35.5. The van der Waals surface area contributed by atoms with Crippen molar-refractivity contribution in [1.29, 1.82) is 0 Å². The lowest BCUT2D eigenvalue weighted by Crippen LogP contribution is -2.13. The highest BCUT2D eigenvalue weighted by Gasteiger charge is 2.06. The normalized spacial score (nSPS) is 10.1. The van der Waals surface area contributed by atoms with Gasteiger partial charge in [-0.15, -0.1) is 0 Å². The number of aromatic nitrogens is 2. The monoisotopic (exact) mass is 285 g/mol. The van der Waals surface area contributed by atoms with Crippen molar-refractivity contribution in [3.63, 3.8) is 0 Å². The maximum Gasteiger partial charge on any atom is 0.412 e. The van der Waals surface area contributed by atoms with E-state index < -0.39 is 6.09 Å². The molecule has 1 aromatic carbocycles. The molecule has 0 fully saturated rings. The summed E-state index contributed by atoms with van der Waals surface area (Å²) in [6.07, 6.45) is 2.50. The molecule has 18 heavy (non-hydrogen) atoms. The Balaban J connectivity index is 1.88. The molecule has 0 spiro atoms.